The quantitative estimate of drug-likeness (QED) is 0.740. The Hall–Kier alpha value is -1.13. The summed E-state index contributed by atoms with van der Waals surface area (Å²) < 4.78 is 5.41. The van der Waals surface area contributed by atoms with Crippen molar-refractivity contribution in [2.45, 2.75) is 38.3 Å². The number of ether oxygens (including phenoxy) is 1. The molecule has 0 aromatic carbocycles. The molecule has 0 N–H and O–H groups in total. The molecule has 5 heteroatoms. The van der Waals surface area contributed by atoms with Crippen LogP contribution in [0.3, 0.4) is 0 Å². The first-order valence-corrected chi connectivity index (χ1v) is 7.09. The molecular formula is C14H17ClN2O2. The highest BCUT2D eigenvalue weighted by Crippen LogP contribution is 2.32. The van der Waals surface area contributed by atoms with Crippen molar-refractivity contribution < 1.29 is 9.53 Å². The molecule has 0 spiro atoms. The van der Waals surface area contributed by atoms with E-state index in [0.717, 1.165) is 37.4 Å². The number of nitrogens with zero attached hydrogens (tertiary/aromatic N) is 2. The molecule has 1 saturated heterocycles. The fraction of sp³-hybridized carbons (Fsp3) is 0.571. The summed E-state index contributed by atoms with van der Waals surface area (Å²) in [5.41, 5.74) is 0.985. The van der Waals surface area contributed by atoms with E-state index in [1.807, 2.05) is 13.0 Å². The van der Waals surface area contributed by atoms with Crippen molar-refractivity contribution in [1.82, 2.24) is 4.98 Å². The number of anilines is 1. The van der Waals surface area contributed by atoms with Gasteiger partial charge in [-0.2, -0.15) is 0 Å². The molecule has 2 aliphatic rings. The molecule has 19 heavy (non-hydrogen) atoms. The molecule has 1 fully saturated rings. The monoisotopic (exact) mass is 280 g/mol. The lowest BCUT2D eigenvalue weighted by Gasteiger charge is -2.42. The lowest BCUT2D eigenvalue weighted by atomic mass is 9.94. The average Bonchev–Trinajstić information content (AvgIpc) is 2.42. The zero-order valence-corrected chi connectivity index (χ0v) is 11.7. The van der Waals surface area contributed by atoms with E-state index in [1.165, 1.54) is 0 Å². The predicted octanol–water partition coefficient (Wildman–Crippen LogP) is 2.23. The first kappa shape index (κ1) is 12.9. The number of fused-ring (bicyclic) bond motifs is 1. The Balaban J connectivity index is 2.01. The third kappa shape index (κ3) is 2.35. The molecule has 0 aliphatic carbocycles. The number of hydrogen-bond donors (Lipinski definition) is 0. The average molecular weight is 281 g/mol. The Morgan fingerprint density at radius 2 is 2.11 bits per heavy atom. The van der Waals surface area contributed by atoms with Crippen LogP contribution in [-0.2, 0) is 16.0 Å². The van der Waals surface area contributed by atoms with Gasteiger partial charge >= 0.3 is 0 Å². The van der Waals surface area contributed by atoms with Gasteiger partial charge in [0.05, 0.1) is 6.04 Å². The summed E-state index contributed by atoms with van der Waals surface area (Å²) in [6.45, 7) is 3.46. The standard InChI is InChI=1S/C14H17ClN2O2/c1-9-12(18)8-10-2-3-13(15)16-14(10)17(9)11-4-6-19-7-5-11/h2-3,9,11H,4-8H2,1H3/t9-/m1/s1. The first-order valence-electron chi connectivity index (χ1n) is 6.71. The molecule has 3 heterocycles. The number of aromatic nitrogens is 1. The summed E-state index contributed by atoms with van der Waals surface area (Å²) in [6, 6.07) is 3.87. The highest BCUT2D eigenvalue weighted by atomic mass is 35.5. The van der Waals surface area contributed by atoms with Gasteiger partial charge in [0.15, 0.2) is 5.78 Å². The van der Waals surface area contributed by atoms with E-state index in [4.69, 9.17) is 16.3 Å². The number of pyridine rings is 1. The van der Waals surface area contributed by atoms with Gasteiger partial charge in [0.25, 0.3) is 0 Å². The molecule has 1 aromatic rings. The van der Waals surface area contributed by atoms with E-state index in [-0.39, 0.29) is 11.8 Å². The maximum absolute atomic E-state index is 12.2. The topological polar surface area (TPSA) is 42.4 Å². The molecule has 3 rings (SSSR count). The van der Waals surface area contributed by atoms with E-state index < -0.39 is 0 Å². The van der Waals surface area contributed by atoms with E-state index in [2.05, 4.69) is 9.88 Å². The summed E-state index contributed by atoms with van der Waals surface area (Å²) >= 11 is 6.02. The Kier molecular flexibility index (Phi) is 3.46. The van der Waals surface area contributed by atoms with Gasteiger partial charge < -0.3 is 9.64 Å². The zero-order valence-electron chi connectivity index (χ0n) is 10.9. The van der Waals surface area contributed by atoms with Crippen molar-refractivity contribution in [1.29, 1.82) is 0 Å². The summed E-state index contributed by atoms with van der Waals surface area (Å²) in [5, 5.41) is 0.484. The number of rotatable bonds is 1. The minimum absolute atomic E-state index is 0.124. The van der Waals surface area contributed by atoms with Gasteiger partial charge in [0.2, 0.25) is 0 Å². The second-order valence-electron chi connectivity index (χ2n) is 5.19. The van der Waals surface area contributed by atoms with Gasteiger partial charge in [-0.05, 0) is 25.8 Å². The van der Waals surface area contributed by atoms with Crippen molar-refractivity contribution in [2.24, 2.45) is 0 Å². The molecule has 1 aromatic heterocycles. The van der Waals surface area contributed by atoms with Gasteiger partial charge in [0, 0.05) is 31.2 Å². The number of carbonyl (C=O) groups is 1. The normalized spacial score (nSPS) is 24.4. The molecule has 0 radical (unpaired) electrons. The zero-order chi connectivity index (χ0) is 13.4. The predicted molar refractivity (Wildman–Crippen MR) is 73.7 cm³/mol. The van der Waals surface area contributed by atoms with Gasteiger partial charge in [-0.3, -0.25) is 4.79 Å². The molecule has 0 saturated carbocycles. The number of ketones is 1. The highest BCUT2D eigenvalue weighted by Gasteiger charge is 2.35. The Labute approximate surface area is 117 Å². The number of Topliss-reactive ketones (excluding diaryl/α,β-unsaturated/α-hetero) is 1. The molecule has 2 aliphatic heterocycles. The second kappa shape index (κ2) is 5.10. The van der Waals surface area contributed by atoms with Crippen molar-refractivity contribution in [3.63, 3.8) is 0 Å². The Bertz CT molecular complexity index is 500. The highest BCUT2D eigenvalue weighted by molar-refractivity contribution is 6.29. The number of carbonyl (C=O) groups excluding carboxylic acids is 1. The molecule has 0 unspecified atom stereocenters. The van der Waals surface area contributed by atoms with Crippen LogP contribution in [0.4, 0.5) is 5.82 Å². The van der Waals surface area contributed by atoms with Crippen molar-refractivity contribution in [3.05, 3.63) is 22.8 Å². The van der Waals surface area contributed by atoms with Crippen LogP contribution in [0.1, 0.15) is 25.3 Å². The van der Waals surface area contributed by atoms with Crippen LogP contribution in [0.5, 0.6) is 0 Å². The molecular weight excluding hydrogens is 264 g/mol. The van der Waals surface area contributed by atoms with Gasteiger partial charge in [-0.1, -0.05) is 17.7 Å². The van der Waals surface area contributed by atoms with Gasteiger partial charge in [-0.15, -0.1) is 0 Å². The van der Waals surface area contributed by atoms with Crippen LogP contribution in [0.15, 0.2) is 12.1 Å². The fourth-order valence-corrected chi connectivity index (χ4v) is 3.09. The molecule has 0 amide bonds. The first-order chi connectivity index (χ1) is 9.16. The second-order valence-corrected chi connectivity index (χ2v) is 5.57. The van der Waals surface area contributed by atoms with E-state index in [0.29, 0.717) is 17.6 Å². The van der Waals surface area contributed by atoms with Crippen LogP contribution in [0, 0.1) is 0 Å². The molecule has 1 atom stereocenters. The Morgan fingerprint density at radius 3 is 2.84 bits per heavy atom. The maximum atomic E-state index is 12.2. The molecule has 4 nitrogen and oxygen atoms in total. The van der Waals surface area contributed by atoms with Gasteiger partial charge in [0.1, 0.15) is 11.0 Å². The fourth-order valence-electron chi connectivity index (χ4n) is 2.94. The lowest BCUT2D eigenvalue weighted by Crippen LogP contribution is -2.51. The van der Waals surface area contributed by atoms with E-state index in [1.54, 1.807) is 6.07 Å². The van der Waals surface area contributed by atoms with Crippen molar-refractivity contribution in [3.8, 4) is 0 Å². The minimum Gasteiger partial charge on any atom is -0.381 e. The molecule has 0 bridgehead atoms. The van der Waals surface area contributed by atoms with E-state index in [9.17, 15) is 4.79 Å². The van der Waals surface area contributed by atoms with Gasteiger partial charge in [-0.25, -0.2) is 4.98 Å². The van der Waals surface area contributed by atoms with Crippen LogP contribution in [-0.4, -0.2) is 36.1 Å². The largest absolute Gasteiger partial charge is 0.381 e. The Morgan fingerprint density at radius 1 is 1.37 bits per heavy atom. The summed E-state index contributed by atoms with van der Waals surface area (Å²) in [6.07, 6.45) is 2.33. The maximum Gasteiger partial charge on any atom is 0.159 e. The van der Waals surface area contributed by atoms with Crippen LogP contribution >= 0.6 is 11.6 Å². The van der Waals surface area contributed by atoms with E-state index >= 15 is 0 Å². The van der Waals surface area contributed by atoms with Crippen LogP contribution in [0.2, 0.25) is 5.15 Å². The number of halogens is 1. The van der Waals surface area contributed by atoms with Crippen LogP contribution < -0.4 is 4.90 Å². The lowest BCUT2D eigenvalue weighted by molar-refractivity contribution is -0.120. The molecule has 102 valence electrons. The number of hydrogen-bond acceptors (Lipinski definition) is 4. The van der Waals surface area contributed by atoms with Crippen molar-refractivity contribution in [2.75, 3.05) is 18.1 Å². The third-order valence-electron chi connectivity index (χ3n) is 4.00. The minimum atomic E-state index is -0.124. The summed E-state index contributed by atoms with van der Waals surface area (Å²) in [4.78, 5) is 18.8. The SMILES string of the molecule is C[C@@H]1C(=O)Cc2ccc(Cl)nc2N1C1CCOCC1. The third-order valence-corrected chi connectivity index (χ3v) is 4.21. The summed E-state index contributed by atoms with van der Waals surface area (Å²) in [5.74, 6) is 1.13. The smallest absolute Gasteiger partial charge is 0.159 e. The van der Waals surface area contributed by atoms with Crippen molar-refractivity contribution >= 4 is 23.2 Å². The van der Waals surface area contributed by atoms with Crippen LogP contribution in [0.25, 0.3) is 0 Å². The summed E-state index contributed by atoms with van der Waals surface area (Å²) in [7, 11) is 0.